The Labute approximate surface area is 171 Å². The number of hydrogen-bond donors (Lipinski definition) is 2. The lowest BCUT2D eigenvalue weighted by atomic mass is 10.1. The fraction of sp³-hybridized carbons (Fsp3) is 0.250. The van der Waals surface area contributed by atoms with Crippen LogP contribution in [-0.4, -0.2) is 16.6 Å². The number of hydrazone groups is 1. The highest BCUT2D eigenvalue weighted by Crippen LogP contribution is 2.35. The number of hydrogen-bond acceptors (Lipinski definition) is 5. The lowest BCUT2D eigenvalue weighted by Gasteiger charge is -2.12. The minimum atomic E-state index is -0.126. The van der Waals surface area contributed by atoms with Gasteiger partial charge in [-0.2, -0.15) is 5.10 Å². The number of carbonyl (C=O) groups excluding carboxylic acids is 1. The molecule has 27 heavy (non-hydrogen) atoms. The molecular formula is C20H21BrN4OS. The molecule has 140 valence electrons. The van der Waals surface area contributed by atoms with Crippen molar-refractivity contribution in [3.05, 3.63) is 51.5 Å². The van der Waals surface area contributed by atoms with Crippen LogP contribution in [0.5, 0.6) is 0 Å². The van der Waals surface area contributed by atoms with Crippen molar-refractivity contribution in [2.24, 2.45) is 5.10 Å². The number of halogens is 1. The van der Waals surface area contributed by atoms with E-state index in [1.165, 1.54) is 11.3 Å². The Morgan fingerprint density at radius 3 is 2.63 bits per heavy atom. The number of fused-ring (bicyclic) bond motifs is 1. The average Bonchev–Trinajstić information content (AvgIpc) is 3.06. The zero-order valence-corrected chi connectivity index (χ0v) is 18.1. The lowest BCUT2D eigenvalue weighted by Crippen LogP contribution is -2.13. The largest absolute Gasteiger partial charge is 0.321 e. The van der Waals surface area contributed by atoms with E-state index in [9.17, 15) is 4.79 Å². The van der Waals surface area contributed by atoms with E-state index in [2.05, 4.69) is 43.7 Å². The summed E-state index contributed by atoms with van der Waals surface area (Å²) in [5, 5.41) is 8.12. The molecule has 0 bridgehead atoms. The second-order valence-electron chi connectivity index (χ2n) is 6.33. The van der Waals surface area contributed by atoms with Gasteiger partial charge in [0.25, 0.3) is 5.91 Å². The van der Waals surface area contributed by atoms with Gasteiger partial charge in [-0.25, -0.2) is 4.98 Å². The highest BCUT2D eigenvalue weighted by Gasteiger charge is 2.15. The topological polar surface area (TPSA) is 66.4 Å². The third kappa shape index (κ3) is 4.36. The quantitative estimate of drug-likeness (QED) is 0.367. The van der Waals surface area contributed by atoms with E-state index in [0.29, 0.717) is 5.56 Å². The Balaban J connectivity index is 1.91. The third-order valence-electron chi connectivity index (χ3n) is 4.32. The first-order valence-electron chi connectivity index (χ1n) is 8.66. The van der Waals surface area contributed by atoms with Crippen molar-refractivity contribution in [1.82, 2.24) is 4.98 Å². The van der Waals surface area contributed by atoms with Gasteiger partial charge in [-0.05, 0) is 68.7 Å². The molecule has 1 heterocycles. The summed E-state index contributed by atoms with van der Waals surface area (Å²) in [6.45, 7) is 8.03. The predicted octanol–water partition coefficient (Wildman–Crippen LogP) is 6.13. The molecule has 5 nitrogen and oxygen atoms in total. The minimum Gasteiger partial charge on any atom is -0.321 e. The standard InChI is InChI=1S/C20H21BrN4OS/c1-5-12(3)24-25-20-22-16-10-11(2)17(13(4)18(16)27-20)23-19(26)14-6-8-15(21)9-7-14/h6-10H,5H2,1-4H3,(H,22,25)(H,23,26)/b24-12+. The number of benzene rings is 2. The third-order valence-corrected chi connectivity index (χ3v) is 5.94. The number of aromatic nitrogens is 1. The smallest absolute Gasteiger partial charge is 0.255 e. The highest BCUT2D eigenvalue weighted by atomic mass is 79.9. The van der Waals surface area contributed by atoms with Gasteiger partial charge in [0.1, 0.15) is 0 Å². The Bertz CT molecular complexity index is 1020. The van der Waals surface area contributed by atoms with Crippen molar-refractivity contribution in [3.8, 4) is 0 Å². The molecule has 0 aliphatic heterocycles. The highest BCUT2D eigenvalue weighted by molar-refractivity contribution is 9.10. The van der Waals surface area contributed by atoms with Crippen LogP contribution in [0.25, 0.3) is 10.2 Å². The minimum absolute atomic E-state index is 0.126. The first-order chi connectivity index (χ1) is 12.9. The van der Waals surface area contributed by atoms with Crippen LogP contribution in [0.2, 0.25) is 0 Å². The van der Waals surface area contributed by atoms with Crippen LogP contribution in [0, 0.1) is 13.8 Å². The fourth-order valence-corrected chi connectivity index (χ4v) is 3.79. The molecule has 3 aromatic rings. The molecule has 0 fully saturated rings. The Kier molecular flexibility index (Phi) is 5.92. The molecule has 0 aliphatic rings. The molecule has 7 heteroatoms. The summed E-state index contributed by atoms with van der Waals surface area (Å²) in [4.78, 5) is 17.2. The van der Waals surface area contributed by atoms with Gasteiger partial charge in [-0.15, -0.1) is 0 Å². The van der Waals surface area contributed by atoms with Crippen LogP contribution in [0.1, 0.15) is 41.8 Å². The summed E-state index contributed by atoms with van der Waals surface area (Å²) in [5.41, 5.74) is 8.39. The maximum atomic E-state index is 12.6. The second kappa shape index (κ2) is 8.19. The molecule has 0 saturated carbocycles. The Hall–Kier alpha value is -2.25. The van der Waals surface area contributed by atoms with Crippen molar-refractivity contribution in [3.63, 3.8) is 0 Å². The molecule has 0 unspecified atom stereocenters. The van der Waals surface area contributed by atoms with Crippen molar-refractivity contribution >= 4 is 59.9 Å². The SMILES string of the molecule is CC/C(C)=N/Nc1nc2cc(C)c(NC(=O)c3ccc(Br)cc3)c(C)c2s1. The van der Waals surface area contributed by atoms with Crippen LogP contribution >= 0.6 is 27.3 Å². The number of nitrogens with one attached hydrogen (secondary N) is 2. The zero-order valence-electron chi connectivity index (χ0n) is 15.7. The van der Waals surface area contributed by atoms with E-state index in [1.54, 1.807) is 12.1 Å². The zero-order chi connectivity index (χ0) is 19.6. The Morgan fingerprint density at radius 2 is 1.96 bits per heavy atom. The van der Waals surface area contributed by atoms with Crippen LogP contribution in [0.4, 0.5) is 10.8 Å². The van der Waals surface area contributed by atoms with Gasteiger partial charge in [0.15, 0.2) is 0 Å². The summed E-state index contributed by atoms with van der Waals surface area (Å²) in [6, 6.07) is 9.31. The van der Waals surface area contributed by atoms with Crippen LogP contribution in [0.3, 0.4) is 0 Å². The molecule has 0 aliphatic carbocycles. The number of anilines is 2. The summed E-state index contributed by atoms with van der Waals surface area (Å²) < 4.78 is 1.98. The average molecular weight is 445 g/mol. The predicted molar refractivity (Wildman–Crippen MR) is 118 cm³/mol. The number of carbonyl (C=O) groups is 1. The number of rotatable bonds is 5. The Morgan fingerprint density at radius 1 is 1.26 bits per heavy atom. The van der Waals surface area contributed by atoms with E-state index in [1.807, 2.05) is 39.0 Å². The molecule has 2 aromatic carbocycles. The first-order valence-corrected chi connectivity index (χ1v) is 10.3. The molecule has 0 saturated heterocycles. The van der Waals surface area contributed by atoms with Gasteiger partial charge in [0.2, 0.25) is 5.13 Å². The molecule has 3 rings (SSSR count). The van der Waals surface area contributed by atoms with Gasteiger partial charge in [0, 0.05) is 21.4 Å². The maximum absolute atomic E-state index is 12.6. The van der Waals surface area contributed by atoms with Gasteiger partial charge in [-0.1, -0.05) is 34.2 Å². The molecule has 0 radical (unpaired) electrons. The van der Waals surface area contributed by atoms with Gasteiger partial charge >= 0.3 is 0 Å². The van der Waals surface area contributed by atoms with E-state index < -0.39 is 0 Å². The summed E-state index contributed by atoms with van der Waals surface area (Å²) in [6.07, 6.45) is 0.891. The summed E-state index contributed by atoms with van der Waals surface area (Å²) in [7, 11) is 0. The van der Waals surface area contributed by atoms with Crippen LogP contribution < -0.4 is 10.7 Å². The molecule has 1 amide bonds. The number of thiazole rings is 1. The molecular weight excluding hydrogens is 424 g/mol. The summed E-state index contributed by atoms with van der Waals surface area (Å²) in [5.74, 6) is -0.126. The summed E-state index contributed by atoms with van der Waals surface area (Å²) >= 11 is 4.93. The van der Waals surface area contributed by atoms with E-state index >= 15 is 0 Å². The van der Waals surface area contributed by atoms with Crippen molar-refractivity contribution in [1.29, 1.82) is 0 Å². The van der Waals surface area contributed by atoms with Crippen molar-refractivity contribution < 1.29 is 4.79 Å². The van der Waals surface area contributed by atoms with Gasteiger partial charge in [0.05, 0.1) is 10.2 Å². The molecule has 2 N–H and O–H groups in total. The molecule has 0 atom stereocenters. The lowest BCUT2D eigenvalue weighted by molar-refractivity contribution is 0.102. The van der Waals surface area contributed by atoms with E-state index in [-0.39, 0.29) is 5.91 Å². The maximum Gasteiger partial charge on any atom is 0.255 e. The molecule has 0 spiro atoms. The first kappa shape index (κ1) is 19.5. The van der Waals surface area contributed by atoms with Crippen molar-refractivity contribution in [2.75, 3.05) is 10.7 Å². The van der Waals surface area contributed by atoms with Gasteiger partial charge < -0.3 is 5.32 Å². The molecule has 1 aromatic heterocycles. The monoisotopic (exact) mass is 444 g/mol. The van der Waals surface area contributed by atoms with Crippen molar-refractivity contribution in [2.45, 2.75) is 34.1 Å². The normalized spacial score (nSPS) is 11.7. The van der Waals surface area contributed by atoms with Crippen LogP contribution in [-0.2, 0) is 0 Å². The number of aryl methyl sites for hydroxylation is 2. The number of nitrogens with zero attached hydrogens (tertiary/aromatic N) is 2. The second-order valence-corrected chi connectivity index (χ2v) is 8.25. The van der Waals surface area contributed by atoms with Gasteiger partial charge in [-0.3, -0.25) is 10.2 Å². The van der Waals surface area contributed by atoms with E-state index in [0.717, 1.165) is 48.8 Å². The number of amides is 1. The van der Waals surface area contributed by atoms with Crippen LogP contribution in [0.15, 0.2) is 39.9 Å². The van der Waals surface area contributed by atoms with E-state index in [4.69, 9.17) is 0 Å². The fourth-order valence-electron chi connectivity index (χ4n) is 2.63.